The number of hydrogen-bond acceptors (Lipinski definition) is 5. The smallest absolute Gasteiger partial charge is 0.295 e. The van der Waals surface area contributed by atoms with Crippen LogP contribution in [0.3, 0.4) is 0 Å². The lowest BCUT2D eigenvalue weighted by atomic mass is 10.1. The third kappa shape index (κ3) is 2.90. The summed E-state index contributed by atoms with van der Waals surface area (Å²) in [6.07, 6.45) is 2.08. The van der Waals surface area contributed by atoms with Crippen LogP contribution in [0.5, 0.6) is 0 Å². The molecule has 1 aromatic carbocycles. The summed E-state index contributed by atoms with van der Waals surface area (Å²) < 4.78 is 0. The molecular weight excluding hydrogens is 312 g/mol. The largest absolute Gasteiger partial charge is 0.342 e. The number of non-ortho nitro benzene ring substituents is 1. The summed E-state index contributed by atoms with van der Waals surface area (Å²) in [5, 5.41) is 14.4. The summed E-state index contributed by atoms with van der Waals surface area (Å²) in [4.78, 5) is 40.1. The van der Waals surface area contributed by atoms with Crippen molar-refractivity contribution in [3.8, 4) is 0 Å². The second kappa shape index (κ2) is 6.23. The number of hydrogen-bond donors (Lipinski definition) is 1. The second-order valence-corrected chi connectivity index (χ2v) is 5.73. The first-order valence-corrected chi connectivity index (χ1v) is 7.56. The first-order valence-electron chi connectivity index (χ1n) is 7.56. The molecular formula is C16H16N4O4. The van der Waals surface area contributed by atoms with Gasteiger partial charge < -0.3 is 10.2 Å². The van der Waals surface area contributed by atoms with E-state index in [0.29, 0.717) is 30.6 Å². The molecule has 0 bridgehead atoms. The fraction of sp³-hybridized carbons (Fsp3) is 0.312. The van der Waals surface area contributed by atoms with Crippen LogP contribution in [-0.2, 0) is 9.59 Å². The number of amides is 2. The number of nitrogens with zero attached hydrogens (tertiary/aromatic N) is 3. The Bertz CT molecular complexity index is 836. The Hall–Kier alpha value is -3.03. The molecule has 2 heterocycles. The summed E-state index contributed by atoms with van der Waals surface area (Å²) in [6.45, 7) is 2.44. The molecule has 124 valence electrons. The molecule has 1 N–H and O–H groups in total. The van der Waals surface area contributed by atoms with Gasteiger partial charge in [0.05, 0.1) is 16.5 Å². The van der Waals surface area contributed by atoms with Crippen molar-refractivity contribution < 1.29 is 14.5 Å². The fourth-order valence-electron chi connectivity index (χ4n) is 2.91. The van der Waals surface area contributed by atoms with Gasteiger partial charge in [0.2, 0.25) is 11.8 Å². The van der Waals surface area contributed by atoms with Gasteiger partial charge in [0, 0.05) is 37.7 Å². The van der Waals surface area contributed by atoms with Gasteiger partial charge in [-0.05, 0) is 24.6 Å². The van der Waals surface area contributed by atoms with Gasteiger partial charge in [-0.2, -0.15) is 0 Å². The van der Waals surface area contributed by atoms with Crippen LogP contribution in [0, 0.1) is 16.0 Å². The number of benzene rings is 1. The zero-order valence-electron chi connectivity index (χ0n) is 13.1. The van der Waals surface area contributed by atoms with Crippen molar-refractivity contribution in [1.29, 1.82) is 0 Å². The van der Waals surface area contributed by atoms with Crippen LogP contribution in [0.1, 0.15) is 13.3 Å². The van der Waals surface area contributed by atoms with E-state index in [1.54, 1.807) is 17.0 Å². The molecule has 1 aliphatic heterocycles. The molecule has 0 radical (unpaired) electrons. The quantitative estimate of drug-likeness (QED) is 0.685. The van der Waals surface area contributed by atoms with Crippen LogP contribution in [0.15, 0.2) is 30.5 Å². The zero-order chi connectivity index (χ0) is 17.3. The maximum Gasteiger partial charge on any atom is 0.295 e. The highest BCUT2D eigenvalue weighted by molar-refractivity contribution is 6.04. The van der Waals surface area contributed by atoms with Crippen molar-refractivity contribution in [2.24, 2.45) is 5.92 Å². The van der Waals surface area contributed by atoms with E-state index in [1.807, 2.05) is 0 Å². The monoisotopic (exact) mass is 328 g/mol. The maximum absolute atomic E-state index is 12.4. The Kier molecular flexibility index (Phi) is 4.11. The third-order valence-electron chi connectivity index (χ3n) is 4.21. The number of likely N-dealkylation sites (tertiary alicyclic amines) is 1. The van der Waals surface area contributed by atoms with Gasteiger partial charge in [-0.3, -0.25) is 19.7 Å². The van der Waals surface area contributed by atoms with E-state index in [4.69, 9.17) is 0 Å². The number of anilines is 1. The number of nitro groups is 1. The molecule has 8 heteroatoms. The topological polar surface area (TPSA) is 105 Å². The minimum Gasteiger partial charge on any atom is -0.342 e. The van der Waals surface area contributed by atoms with Gasteiger partial charge in [-0.15, -0.1) is 0 Å². The van der Waals surface area contributed by atoms with Gasteiger partial charge in [0.1, 0.15) is 5.52 Å². The van der Waals surface area contributed by atoms with Crippen LogP contribution in [0.2, 0.25) is 0 Å². The van der Waals surface area contributed by atoms with Crippen LogP contribution < -0.4 is 5.32 Å². The molecule has 0 aliphatic carbocycles. The SMILES string of the molecule is CC(=O)N1CCC(C(=O)Nc2ccc([N+](=O)[O-])c3ncccc23)C1. The lowest BCUT2D eigenvalue weighted by Crippen LogP contribution is -2.29. The lowest BCUT2D eigenvalue weighted by Gasteiger charge is -2.14. The van der Waals surface area contributed by atoms with Crippen molar-refractivity contribution in [1.82, 2.24) is 9.88 Å². The van der Waals surface area contributed by atoms with E-state index in [2.05, 4.69) is 10.3 Å². The molecule has 0 saturated carbocycles. The molecule has 3 rings (SSSR count). The van der Waals surface area contributed by atoms with Gasteiger partial charge in [0.15, 0.2) is 0 Å². The van der Waals surface area contributed by atoms with Crippen molar-refractivity contribution in [3.63, 3.8) is 0 Å². The average molecular weight is 328 g/mol. The molecule has 1 saturated heterocycles. The van der Waals surface area contributed by atoms with Crippen molar-refractivity contribution >= 4 is 34.1 Å². The van der Waals surface area contributed by atoms with E-state index in [9.17, 15) is 19.7 Å². The summed E-state index contributed by atoms with van der Waals surface area (Å²) in [7, 11) is 0. The van der Waals surface area contributed by atoms with Crippen LogP contribution in [-0.4, -0.2) is 39.7 Å². The Balaban J connectivity index is 1.86. The highest BCUT2D eigenvalue weighted by atomic mass is 16.6. The van der Waals surface area contributed by atoms with Crippen molar-refractivity contribution in [3.05, 3.63) is 40.6 Å². The van der Waals surface area contributed by atoms with E-state index >= 15 is 0 Å². The van der Waals surface area contributed by atoms with Crippen LogP contribution >= 0.6 is 0 Å². The van der Waals surface area contributed by atoms with Crippen molar-refractivity contribution in [2.75, 3.05) is 18.4 Å². The zero-order valence-corrected chi connectivity index (χ0v) is 13.1. The lowest BCUT2D eigenvalue weighted by molar-refractivity contribution is -0.383. The minimum atomic E-state index is -0.497. The Morgan fingerprint density at radius 2 is 2.17 bits per heavy atom. The summed E-state index contributed by atoms with van der Waals surface area (Å²) in [6, 6.07) is 6.19. The molecule has 1 unspecified atom stereocenters. The number of aromatic nitrogens is 1. The van der Waals surface area contributed by atoms with E-state index in [0.717, 1.165) is 0 Å². The Labute approximate surface area is 137 Å². The first kappa shape index (κ1) is 15.9. The summed E-state index contributed by atoms with van der Waals surface area (Å²) in [5.74, 6) is -0.524. The number of rotatable bonds is 3. The Morgan fingerprint density at radius 1 is 1.38 bits per heavy atom. The number of pyridine rings is 1. The number of nitrogens with one attached hydrogen (secondary N) is 1. The second-order valence-electron chi connectivity index (χ2n) is 5.73. The van der Waals surface area contributed by atoms with Crippen LogP contribution in [0.4, 0.5) is 11.4 Å². The van der Waals surface area contributed by atoms with Crippen LogP contribution in [0.25, 0.3) is 10.9 Å². The molecule has 0 spiro atoms. The number of carbonyl (C=O) groups is 2. The molecule has 8 nitrogen and oxygen atoms in total. The number of carbonyl (C=O) groups excluding carboxylic acids is 2. The highest BCUT2D eigenvalue weighted by Crippen LogP contribution is 2.30. The third-order valence-corrected chi connectivity index (χ3v) is 4.21. The highest BCUT2D eigenvalue weighted by Gasteiger charge is 2.30. The molecule has 24 heavy (non-hydrogen) atoms. The molecule has 1 fully saturated rings. The number of nitro benzene ring substituents is 1. The normalized spacial score (nSPS) is 17.0. The van der Waals surface area contributed by atoms with Gasteiger partial charge >= 0.3 is 0 Å². The van der Waals surface area contributed by atoms with Gasteiger partial charge in [-0.1, -0.05) is 0 Å². The predicted molar refractivity (Wildman–Crippen MR) is 87.4 cm³/mol. The molecule has 1 atom stereocenters. The summed E-state index contributed by atoms with van der Waals surface area (Å²) >= 11 is 0. The number of fused-ring (bicyclic) bond motifs is 1. The van der Waals surface area contributed by atoms with E-state index in [-0.39, 0.29) is 28.9 Å². The first-order chi connectivity index (χ1) is 11.5. The minimum absolute atomic E-state index is 0.0460. The Morgan fingerprint density at radius 3 is 2.83 bits per heavy atom. The standard InChI is InChI=1S/C16H16N4O4/c1-10(21)19-8-6-11(9-19)16(22)18-13-4-5-14(20(23)24)15-12(13)3-2-7-17-15/h2-5,7,11H,6,8-9H2,1H3,(H,18,22). The van der Waals surface area contributed by atoms with Gasteiger partial charge in [-0.25, -0.2) is 4.98 Å². The molecule has 2 amide bonds. The maximum atomic E-state index is 12.4. The van der Waals surface area contributed by atoms with E-state index in [1.165, 1.54) is 25.3 Å². The molecule has 1 aromatic heterocycles. The van der Waals surface area contributed by atoms with Crippen molar-refractivity contribution in [2.45, 2.75) is 13.3 Å². The molecule has 1 aliphatic rings. The fourth-order valence-corrected chi connectivity index (χ4v) is 2.91. The summed E-state index contributed by atoms with van der Waals surface area (Å²) in [5.41, 5.74) is 0.610. The van der Waals surface area contributed by atoms with E-state index < -0.39 is 4.92 Å². The average Bonchev–Trinajstić information content (AvgIpc) is 3.05. The van der Waals surface area contributed by atoms with Gasteiger partial charge in [0.25, 0.3) is 5.69 Å². The predicted octanol–water partition coefficient (Wildman–Crippen LogP) is 1.95. The molecule has 2 aromatic rings.